The monoisotopic (exact) mass is 327 g/mol. The number of benzene rings is 1. The summed E-state index contributed by atoms with van der Waals surface area (Å²) in [5.74, 6) is 0.241. The summed E-state index contributed by atoms with van der Waals surface area (Å²) in [6, 6.07) is 7.21. The van der Waals surface area contributed by atoms with E-state index >= 15 is 0 Å². The lowest BCUT2D eigenvalue weighted by Crippen LogP contribution is -2.17. The van der Waals surface area contributed by atoms with Gasteiger partial charge in [0.2, 0.25) is 0 Å². The van der Waals surface area contributed by atoms with Crippen molar-refractivity contribution in [2.24, 2.45) is 0 Å². The number of esters is 1. The van der Waals surface area contributed by atoms with Crippen LogP contribution in [0.5, 0.6) is 0 Å². The Morgan fingerprint density at radius 1 is 1.33 bits per heavy atom. The Kier molecular flexibility index (Phi) is 5.28. The molecular weight excluding hydrogens is 313 g/mol. The van der Waals surface area contributed by atoms with E-state index in [2.05, 4.69) is 10.1 Å². The van der Waals surface area contributed by atoms with Gasteiger partial charge in [-0.2, -0.15) is 0 Å². The number of hydrogen-bond acceptors (Lipinski definition) is 4. The van der Waals surface area contributed by atoms with E-state index in [0.717, 1.165) is 5.56 Å². The standard InChI is InChI=1S/C15H15Cl2NO3/c1-9(10-3-4-13(16)14(17)6-10)18-7-12-5-11(8-21-12)15(19)20-2/h3-6,8-9,18H,7H2,1-2H3. The van der Waals surface area contributed by atoms with E-state index in [-0.39, 0.29) is 6.04 Å². The predicted octanol–water partition coefficient (Wildman–Crippen LogP) is 4.22. The van der Waals surface area contributed by atoms with Crippen molar-refractivity contribution in [1.82, 2.24) is 5.32 Å². The van der Waals surface area contributed by atoms with Crippen LogP contribution < -0.4 is 5.32 Å². The van der Waals surface area contributed by atoms with Crippen LogP contribution in [-0.4, -0.2) is 13.1 Å². The van der Waals surface area contributed by atoms with Crippen molar-refractivity contribution in [2.45, 2.75) is 19.5 Å². The molecule has 0 saturated heterocycles. The molecule has 2 rings (SSSR count). The molecule has 4 nitrogen and oxygen atoms in total. The number of furan rings is 1. The van der Waals surface area contributed by atoms with E-state index in [4.69, 9.17) is 27.6 Å². The maximum absolute atomic E-state index is 11.3. The van der Waals surface area contributed by atoms with Gasteiger partial charge in [0.25, 0.3) is 0 Å². The van der Waals surface area contributed by atoms with E-state index in [0.29, 0.717) is 27.9 Å². The van der Waals surface area contributed by atoms with Gasteiger partial charge in [-0.3, -0.25) is 0 Å². The van der Waals surface area contributed by atoms with Gasteiger partial charge in [-0.25, -0.2) is 4.79 Å². The molecule has 6 heteroatoms. The Morgan fingerprint density at radius 3 is 2.76 bits per heavy atom. The largest absolute Gasteiger partial charge is 0.467 e. The Morgan fingerprint density at radius 2 is 2.10 bits per heavy atom. The fourth-order valence-electron chi connectivity index (χ4n) is 1.85. The highest BCUT2D eigenvalue weighted by Gasteiger charge is 2.12. The number of carbonyl (C=O) groups excluding carboxylic acids is 1. The third-order valence-corrected chi connectivity index (χ3v) is 3.84. The number of ether oxygens (including phenoxy) is 1. The minimum atomic E-state index is -0.414. The van der Waals surface area contributed by atoms with Crippen molar-refractivity contribution in [3.8, 4) is 0 Å². The molecule has 0 fully saturated rings. The van der Waals surface area contributed by atoms with Gasteiger partial charge in [-0.1, -0.05) is 29.3 Å². The van der Waals surface area contributed by atoms with Crippen LogP contribution in [0.4, 0.5) is 0 Å². The van der Waals surface area contributed by atoms with Crippen LogP contribution in [0.3, 0.4) is 0 Å². The van der Waals surface area contributed by atoms with Crippen molar-refractivity contribution in [3.63, 3.8) is 0 Å². The topological polar surface area (TPSA) is 51.5 Å². The average molecular weight is 328 g/mol. The van der Waals surface area contributed by atoms with Gasteiger partial charge >= 0.3 is 5.97 Å². The van der Waals surface area contributed by atoms with Crippen LogP contribution in [0.25, 0.3) is 0 Å². The van der Waals surface area contributed by atoms with E-state index in [1.54, 1.807) is 12.1 Å². The second-order valence-electron chi connectivity index (χ2n) is 4.57. The molecule has 1 atom stereocenters. The van der Waals surface area contributed by atoms with E-state index in [9.17, 15) is 4.79 Å². The smallest absolute Gasteiger partial charge is 0.341 e. The maximum atomic E-state index is 11.3. The number of rotatable bonds is 5. The summed E-state index contributed by atoms with van der Waals surface area (Å²) in [7, 11) is 1.33. The van der Waals surface area contributed by atoms with Gasteiger partial charge in [0.05, 0.1) is 29.3 Å². The first-order chi connectivity index (χ1) is 10.0. The molecule has 1 aromatic heterocycles. The SMILES string of the molecule is COC(=O)c1coc(CNC(C)c2ccc(Cl)c(Cl)c2)c1. The van der Waals surface area contributed by atoms with E-state index < -0.39 is 5.97 Å². The van der Waals surface area contributed by atoms with Crippen LogP contribution in [0.15, 0.2) is 34.9 Å². The Labute approximate surface area is 133 Å². The van der Waals surface area contributed by atoms with Gasteiger partial charge in [-0.05, 0) is 30.7 Å². The third-order valence-electron chi connectivity index (χ3n) is 3.10. The highest BCUT2D eigenvalue weighted by atomic mass is 35.5. The first-order valence-corrected chi connectivity index (χ1v) is 7.11. The van der Waals surface area contributed by atoms with Crippen LogP contribution in [-0.2, 0) is 11.3 Å². The van der Waals surface area contributed by atoms with Crippen molar-refractivity contribution in [1.29, 1.82) is 0 Å². The van der Waals surface area contributed by atoms with Crippen molar-refractivity contribution >= 4 is 29.2 Å². The van der Waals surface area contributed by atoms with Gasteiger partial charge in [0, 0.05) is 6.04 Å². The lowest BCUT2D eigenvalue weighted by atomic mass is 10.1. The van der Waals surface area contributed by atoms with Crippen LogP contribution >= 0.6 is 23.2 Å². The number of methoxy groups -OCH3 is 1. The number of carbonyl (C=O) groups is 1. The summed E-state index contributed by atoms with van der Waals surface area (Å²) in [5.41, 5.74) is 1.42. The Bertz CT molecular complexity index is 640. The van der Waals surface area contributed by atoms with Crippen molar-refractivity contribution in [3.05, 3.63) is 57.5 Å². The fourth-order valence-corrected chi connectivity index (χ4v) is 2.16. The average Bonchev–Trinajstić information content (AvgIpc) is 2.95. The van der Waals surface area contributed by atoms with Crippen LogP contribution in [0, 0.1) is 0 Å². The highest BCUT2D eigenvalue weighted by Crippen LogP contribution is 2.25. The molecule has 0 aliphatic carbocycles. The summed E-state index contributed by atoms with van der Waals surface area (Å²) in [4.78, 5) is 11.3. The lowest BCUT2D eigenvalue weighted by Gasteiger charge is -2.14. The molecule has 0 saturated carbocycles. The van der Waals surface area contributed by atoms with E-state index in [1.807, 2.05) is 19.1 Å². The molecule has 0 radical (unpaired) electrons. The Balaban J connectivity index is 1.97. The fraction of sp³-hybridized carbons (Fsp3) is 0.267. The summed E-state index contributed by atoms with van der Waals surface area (Å²) in [6.45, 7) is 2.49. The normalized spacial score (nSPS) is 12.2. The molecule has 0 amide bonds. The highest BCUT2D eigenvalue weighted by molar-refractivity contribution is 6.42. The van der Waals surface area contributed by atoms with Gasteiger partial charge in [0.1, 0.15) is 12.0 Å². The summed E-state index contributed by atoms with van der Waals surface area (Å²) >= 11 is 11.9. The molecule has 0 spiro atoms. The number of nitrogens with one attached hydrogen (secondary N) is 1. The van der Waals surface area contributed by atoms with Gasteiger partial charge < -0.3 is 14.5 Å². The molecule has 0 aliphatic heterocycles. The first-order valence-electron chi connectivity index (χ1n) is 6.35. The third kappa shape index (κ3) is 4.00. The molecule has 1 aromatic carbocycles. The minimum Gasteiger partial charge on any atom is -0.467 e. The molecule has 1 N–H and O–H groups in total. The second kappa shape index (κ2) is 6.98. The van der Waals surface area contributed by atoms with Crippen LogP contribution in [0.2, 0.25) is 10.0 Å². The number of hydrogen-bond donors (Lipinski definition) is 1. The molecule has 0 aliphatic rings. The molecule has 1 unspecified atom stereocenters. The predicted molar refractivity (Wildman–Crippen MR) is 81.8 cm³/mol. The molecule has 21 heavy (non-hydrogen) atoms. The lowest BCUT2D eigenvalue weighted by molar-refractivity contribution is 0.0600. The van der Waals surface area contributed by atoms with Crippen molar-refractivity contribution < 1.29 is 13.9 Å². The van der Waals surface area contributed by atoms with Gasteiger partial charge in [-0.15, -0.1) is 0 Å². The van der Waals surface area contributed by atoms with Crippen molar-refractivity contribution in [2.75, 3.05) is 7.11 Å². The maximum Gasteiger partial charge on any atom is 0.341 e. The Hall–Kier alpha value is -1.49. The summed E-state index contributed by atoms with van der Waals surface area (Å²) in [5, 5.41) is 4.34. The minimum absolute atomic E-state index is 0.0615. The molecule has 0 bridgehead atoms. The van der Waals surface area contributed by atoms with Gasteiger partial charge in [0.15, 0.2) is 0 Å². The zero-order valence-corrected chi connectivity index (χ0v) is 13.2. The molecule has 112 valence electrons. The molecule has 2 aromatic rings. The first kappa shape index (κ1) is 15.9. The molecular formula is C15H15Cl2NO3. The quantitative estimate of drug-likeness (QED) is 0.835. The summed E-state index contributed by atoms with van der Waals surface area (Å²) in [6.07, 6.45) is 1.38. The zero-order valence-electron chi connectivity index (χ0n) is 11.7. The second-order valence-corrected chi connectivity index (χ2v) is 5.38. The number of halogens is 2. The summed E-state index contributed by atoms with van der Waals surface area (Å²) < 4.78 is 9.93. The zero-order chi connectivity index (χ0) is 15.4. The van der Waals surface area contributed by atoms with E-state index in [1.165, 1.54) is 13.4 Å². The van der Waals surface area contributed by atoms with Crippen LogP contribution in [0.1, 0.15) is 34.6 Å². The molecule has 1 heterocycles.